The highest BCUT2D eigenvalue weighted by molar-refractivity contribution is 5.74. The molecule has 0 N–H and O–H groups in total. The molecule has 0 aromatic heterocycles. The van der Waals surface area contributed by atoms with E-state index in [1.165, 1.54) is 7.11 Å². The third-order valence-corrected chi connectivity index (χ3v) is 2.47. The first-order valence-corrected chi connectivity index (χ1v) is 5.67. The summed E-state index contributed by atoms with van der Waals surface area (Å²) in [5.74, 6) is -0.297. The van der Waals surface area contributed by atoms with Gasteiger partial charge in [-0.05, 0) is 13.8 Å². The minimum absolute atomic E-state index is 0.248. The standard InChI is InChI=1S/C11H21NO4/c1-9(2)15-6-4-12-5-7-16-10(8-12)11(13)14-3/h9-10H,4-8H2,1-3H3/t10-/m0/s1. The van der Waals surface area contributed by atoms with Crippen LogP contribution in [0.25, 0.3) is 0 Å². The van der Waals surface area contributed by atoms with Crippen molar-refractivity contribution in [3.63, 3.8) is 0 Å². The van der Waals surface area contributed by atoms with E-state index < -0.39 is 6.10 Å². The Bertz CT molecular complexity index is 220. The van der Waals surface area contributed by atoms with Crippen LogP contribution in [-0.4, -0.2) is 63.0 Å². The molecule has 0 amide bonds. The fourth-order valence-corrected chi connectivity index (χ4v) is 1.60. The van der Waals surface area contributed by atoms with Crippen LogP contribution in [0.3, 0.4) is 0 Å². The third-order valence-electron chi connectivity index (χ3n) is 2.47. The van der Waals surface area contributed by atoms with Crippen LogP contribution < -0.4 is 0 Å². The Morgan fingerprint density at radius 2 is 2.31 bits per heavy atom. The first-order chi connectivity index (χ1) is 7.63. The Balaban J connectivity index is 2.25. The molecule has 0 bridgehead atoms. The first kappa shape index (κ1) is 13.4. The van der Waals surface area contributed by atoms with Crippen LogP contribution in [-0.2, 0) is 19.0 Å². The van der Waals surface area contributed by atoms with E-state index in [0.29, 0.717) is 19.8 Å². The Morgan fingerprint density at radius 3 is 2.94 bits per heavy atom. The summed E-state index contributed by atoms with van der Waals surface area (Å²) in [6.07, 6.45) is -0.199. The zero-order chi connectivity index (χ0) is 12.0. The van der Waals surface area contributed by atoms with Crippen molar-refractivity contribution in [3.8, 4) is 0 Å². The molecule has 0 aliphatic carbocycles. The molecule has 0 saturated carbocycles. The number of rotatable bonds is 5. The first-order valence-electron chi connectivity index (χ1n) is 5.67. The largest absolute Gasteiger partial charge is 0.467 e. The second-order valence-electron chi connectivity index (χ2n) is 4.10. The van der Waals surface area contributed by atoms with Gasteiger partial charge in [0.15, 0.2) is 6.10 Å². The molecule has 94 valence electrons. The lowest BCUT2D eigenvalue weighted by atomic mass is 10.3. The quantitative estimate of drug-likeness (QED) is 0.636. The maximum absolute atomic E-state index is 11.3. The van der Waals surface area contributed by atoms with Gasteiger partial charge in [0.2, 0.25) is 0 Å². The van der Waals surface area contributed by atoms with Crippen LogP contribution in [0.15, 0.2) is 0 Å². The minimum Gasteiger partial charge on any atom is -0.467 e. The molecule has 1 fully saturated rings. The average molecular weight is 231 g/mol. The van der Waals surface area contributed by atoms with E-state index >= 15 is 0 Å². The molecule has 5 heteroatoms. The van der Waals surface area contributed by atoms with E-state index in [1.807, 2.05) is 13.8 Å². The molecule has 1 aliphatic heterocycles. The van der Waals surface area contributed by atoms with E-state index in [0.717, 1.165) is 13.1 Å². The predicted octanol–water partition coefficient (Wildman–Crippen LogP) is 0.285. The Labute approximate surface area is 96.6 Å². The summed E-state index contributed by atoms with van der Waals surface area (Å²) in [4.78, 5) is 13.4. The molecule has 1 rings (SSSR count). The zero-order valence-corrected chi connectivity index (χ0v) is 10.3. The lowest BCUT2D eigenvalue weighted by Crippen LogP contribution is -2.47. The number of morpholine rings is 1. The minimum atomic E-state index is -0.446. The van der Waals surface area contributed by atoms with E-state index in [1.54, 1.807) is 0 Å². The van der Waals surface area contributed by atoms with Crippen molar-refractivity contribution >= 4 is 5.97 Å². The van der Waals surface area contributed by atoms with Gasteiger partial charge in [0, 0.05) is 19.6 Å². The number of carbonyl (C=O) groups is 1. The summed E-state index contributed by atoms with van der Waals surface area (Å²) in [6, 6.07) is 0. The molecule has 1 saturated heterocycles. The van der Waals surface area contributed by atoms with Crippen LogP contribution in [0.2, 0.25) is 0 Å². The monoisotopic (exact) mass is 231 g/mol. The van der Waals surface area contributed by atoms with Crippen LogP contribution in [0.5, 0.6) is 0 Å². The number of ether oxygens (including phenoxy) is 3. The SMILES string of the molecule is COC(=O)[C@@H]1CN(CCOC(C)C)CCO1. The number of nitrogens with zero attached hydrogens (tertiary/aromatic N) is 1. The van der Waals surface area contributed by atoms with E-state index in [9.17, 15) is 4.79 Å². The number of hydrogen-bond acceptors (Lipinski definition) is 5. The van der Waals surface area contributed by atoms with Crippen molar-refractivity contribution in [3.05, 3.63) is 0 Å². The third kappa shape index (κ3) is 4.47. The van der Waals surface area contributed by atoms with E-state index in [4.69, 9.17) is 9.47 Å². The van der Waals surface area contributed by atoms with Crippen molar-refractivity contribution in [1.29, 1.82) is 0 Å². The molecule has 0 aromatic carbocycles. The summed E-state index contributed by atoms with van der Waals surface area (Å²) < 4.78 is 15.5. The normalized spacial score (nSPS) is 22.4. The summed E-state index contributed by atoms with van der Waals surface area (Å²) in [6.45, 7) is 7.54. The van der Waals surface area contributed by atoms with Crippen molar-refractivity contribution in [2.75, 3.05) is 40.0 Å². The molecule has 0 radical (unpaired) electrons. The number of hydrogen-bond donors (Lipinski definition) is 0. The van der Waals surface area contributed by atoms with Gasteiger partial charge in [-0.25, -0.2) is 4.79 Å². The predicted molar refractivity (Wildman–Crippen MR) is 59.3 cm³/mol. The fourth-order valence-electron chi connectivity index (χ4n) is 1.60. The van der Waals surface area contributed by atoms with Crippen molar-refractivity contribution in [2.45, 2.75) is 26.1 Å². The highest BCUT2D eigenvalue weighted by Crippen LogP contribution is 2.06. The summed E-state index contributed by atoms with van der Waals surface area (Å²) in [7, 11) is 1.38. The van der Waals surface area contributed by atoms with Crippen LogP contribution in [0, 0.1) is 0 Å². The van der Waals surface area contributed by atoms with E-state index in [2.05, 4.69) is 9.64 Å². The van der Waals surface area contributed by atoms with Gasteiger partial charge in [0.25, 0.3) is 0 Å². The summed E-state index contributed by atoms with van der Waals surface area (Å²) in [5.41, 5.74) is 0. The topological polar surface area (TPSA) is 48.0 Å². The van der Waals surface area contributed by atoms with Gasteiger partial charge in [-0.3, -0.25) is 4.90 Å². The van der Waals surface area contributed by atoms with Crippen LogP contribution in [0.4, 0.5) is 0 Å². The maximum Gasteiger partial charge on any atom is 0.336 e. The number of methoxy groups -OCH3 is 1. The highest BCUT2D eigenvalue weighted by atomic mass is 16.6. The Morgan fingerprint density at radius 1 is 1.56 bits per heavy atom. The molecule has 1 heterocycles. The average Bonchev–Trinajstić information content (AvgIpc) is 2.28. The van der Waals surface area contributed by atoms with Gasteiger partial charge in [-0.15, -0.1) is 0 Å². The molecular weight excluding hydrogens is 210 g/mol. The smallest absolute Gasteiger partial charge is 0.336 e. The maximum atomic E-state index is 11.3. The van der Waals surface area contributed by atoms with Crippen molar-refractivity contribution in [2.24, 2.45) is 0 Å². The van der Waals surface area contributed by atoms with Crippen molar-refractivity contribution in [1.82, 2.24) is 4.90 Å². The number of carbonyl (C=O) groups excluding carboxylic acids is 1. The zero-order valence-electron chi connectivity index (χ0n) is 10.3. The van der Waals surface area contributed by atoms with Gasteiger partial charge in [-0.2, -0.15) is 0 Å². The molecule has 16 heavy (non-hydrogen) atoms. The van der Waals surface area contributed by atoms with Crippen LogP contribution in [0.1, 0.15) is 13.8 Å². The van der Waals surface area contributed by atoms with Gasteiger partial charge < -0.3 is 14.2 Å². The summed E-state index contributed by atoms with van der Waals surface area (Å²) >= 11 is 0. The molecule has 1 atom stereocenters. The van der Waals surface area contributed by atoms with Crippen molar-refractivity contribution < 1.29 is 19.0 Å². The Hall–Kier alpha value is -0.650. The molecule has 0 aromatic rings. The van der Waals surface area contributed by atoms with E-state index in [-0.39, 0.29) is 12.1 Å². The van der Waals surface area contributed by atoms with Gasteiger partial charge in [0.05, 0.1) is 26.4 Å². The Kier molecular flexibility index (Phi) is 5.73. The molecule has 0 unspecified atom stereocenters. The second-order valence-corrected chi connectivity index (χ2v) is 4.10. The molecule has 1 aliphatic rings. The highest BCUT2D eigenvalue weighted by Gasteiger charge is 2.26. The van der Waals surface area contributed by atoms with Gasteiger partial charge in [-0.1, -0.05) is 0 Å². The number of esters is 1. The lowest BCUT2D eigenvalue weighted by Gasteiger charge is -2.31. The molecular formula is C11H21NO4. The fraction of sp³-hybridized carbons (Fsp3) is 0.909. The second kappa shape index (κ2) is 6.83. The van der Waals surface area contributed by atoms with Gasteiger partial charge in [0.1, 0.15) is 0 Å². The summed E-state index contributed by atoms with van der Waals surface area (Å²) in [5, 5.41) is 0. The van der Waals surface area contributed by atoms with Gasteiger partial charge >= 0.3 is 5.97 Å². The lowest BCUT2D eigenvalue weighted by molar-refractivity contribution is -0.160. The molecule has 0 spiro atoms. The van der Waals surface area contributed by atoms with Crippen LogP contribution >= 0.6 is 0 Å². The molecule has 5 nitrogen and oxygen atoms in total.